The monoisotopic (exact) mass is 398 g/mol. The average Bonchev–Trinajstić information content (AvgIpc) is 3.20. The van der Waals surface area contributed by atoms with E-state index in [0.29, 0.717) is 17.2 Å². The van der Waals surface area contributed by atoms with Crippen molar-refractivity contribution in [2.45, 2.75) is 12.5 Å². The Bertz CT molecular complexity index is 927. The summed E-state index contributed by atoms with van der Waals surface area (Å²) in [5.41, 5.74) is 2.44. The number of carbonyl (C=O) groups excluding carboxylic acids is 1. The Labute approximate surface area is 167 Å². The fourth-order valence-corrected chi connectivity index (χ4v) is 3.64. The molecular weight excluding hydrogens is 376 g/mol. The van der Waals surface area contributed by atoms with Gasteiger partial charge in [0.1, 0.15) is 5.01 Å². The van der Waals surface area contributed by atoms with Gasteiger partial charge in [-0.3, -0.25) is 4.79 Å². The van der Waals surface area contributed by atoms with E-state index in [1.807, 2.05) is 53.9 Å². The van der Waals surface area contributed by atoms with Crippen LogP contribution in [-0.4, -0.2) is 36.8 Å². The van der Waals surface area contributed by atoms with E-state index in [1.54, 1.807) is 14.2 Å². The van der Waals surface area contributed by atoms with E-state index in [2.05, 4.69) is 10.3 Å². The zero-order valence-corrected chi connectivity index (χ0v) is 16.5. The van der Waals surface area contributed by atoms with Crippen molar-refractivity contribution in [3.8, 4) is 22.1 Å². The van der Waals surface area contributed by atoms with Gasteiger partial charge in [-0.2, -0.15) is 0 Å². The summed E-state index contributed by atoms with van der Waals surface area (Å²) in [6, 6.07) is 14.6. The van der Waals surface area contributed by atoms with Crippen molar-refractivity contribution >= 4 is 17.2 Å². The maximum Gasteiger partial charge on any atom is 0.226 e. The number of amides is 1. The molecule has 0 unspecified atom stereocenters. The molecule has 0 aliphatic rings. The molecule has 2 aromatic carbocycles. The first-order chi connectivity index (χ1) is 13.6. The number of aliphatic hydroxyl groups is 1. The van der Waals surface area contributed by atoms with E-state index in [9.17, 15) is 9.90 Å². The molecule has 0 spiro atoms. The SMILES string of the molecule is COc1ccc(-c2nc(CC(=O)N[C@@H](CO)c3ccccc3)cs2)cc1OC. The molecule has 0 bridgehead atoms. The van der Waals surface area contributed by atoms with Crippen molar-refractivity contribution in [3.63, 3.8) is 0 Å². The Balaban J connectivity index is 1.68. The minimum Gasteiger partial charge on any atom is -0.493 e. The van der Waals surface area contributed by atoms with E-state index in [1.165, 1.54) is 11.3 Å². The van der Waals surface area contributed by atoms with Crippen LogP contribution in [0.3, 0.4) is 0 Å². The predicted octanol–water partition coefficient (Wildman–Crippen LogP) is 3.22. The van der Waals surface area contributed by atoms with Crippen LogP contribution in [0.5, 0.6) is 11.5 Å². The van der Waals surface area contributed by atoms with Crippen molar-refractivity contribution < 1.29 is 19.4 Å². The molecule has 3 aromatic rings. The fraction of sp³-hybridized carbons (Fsp3) is 0.238. The fourth-order valence-electron chi connectivity index (χ4n) is 2.82. The van der Waals surface area contributed by atoms with Gasteiger partial charge in [0, 0.05) is 10.9 Å². The van der Waals surface area contributed by atoms with Crippen molar-refractivity contribution in [1.29, 1.82) is 0 Å². The number of aromatic nitrogens is 1. The third-order valence-electron chi connectivity index (χ3n) is 4.24. The lowest BCUT2D eigenvalue weighted by molar-refractivity contribution is -0.121. The second-order valence-corrected chi connectivity index (χ2v) is 6.96. The Morgan fingerprint density at radius 3 is 2.57 bits per heavy atom. The number of nitrogens with zero attached hydrogens (tertiary/aromatic N) is 1. The van der Waals surface area contributed by atoms with Gasteiger partial charge < -0.3 is 19.9 Å². The maximum atomic E-state index is 12.4. The molecule has 1 atom stereocenters. The summed E-state index contributed by atoms with van der Waals surface area (Å²) in [5, 5.41) is 15.1. The third-order valence-corrected chi connectivity index (χ3v) is 5.18. The van der Waals surface area contributed by atoms with Gasteiger partial charge in [0.15, 0.2) is 11.5 Å². The second-order valence-electron chi connectivity index (χ2n) is 6.10. The Hall–Kier alpha value is -2.90. The Morgan fingerprint density at radius 2 is 1.89 bits per heavy atom. The lowest BCUT2D eigenvalue weighted by Crippen LogP contribution is -2.32. The smallest absolute Gasteiger partial charge is 0.226 e. The van der Waals surface area contributed by atoms with E-state index < -0.39 is 6.04 Å². The highest BCUT2D eigenvalue weighted by Crippen LogP contribution is 2.33. The number of methoxy groups -OCH3 is 2. The van der Waals surface area contributed by atoms with Crippen LogP contribution in [0.2, 0.25) is 0 Å². The van der Waals surface area contributed by atoms with Crippen LogP contribution in [0.4, 0.5) is 0 Å². The first-order valence-corrected chi connectivity index (χ1v) is 9.64. The van der Waals surface area contributed by atoms with Crippen molar-refractivity contribution in [1.82, 2.24) is 10.3 Å². The minimum absolute atomic E-state index is 0.146. The number of hydrogen-bond acceptors (Lipinski definition) is 6. The van der Waals surface area contributed by atoms with Crippen molar-refractivity contribution in [2.24, 2.45) is 0 Å². The van der Waals surface area contributed by atoms with Gasteiger partial charge >= 0.3 is 0 Å². The lowest BCUT2D eigenvalue weighted by atomic mass is 10.1. The molecule has 0 saturated heterocycles. The third kappa shape index (κ3) is 4.68. The molecule has 0 aliphatic heterocycles. The standard InChI is InChI=1S/C21H22N2O4S/c1-26-18-9-8-15(10-19(18)27-2)21-22-16(13-28-21)11-20(25)23-17(12-24)14-6-4-3-5-7-14/h3-10,13,17,24H,11-12H2,1-2H3,(H,23,25)/t17-/m0/s1. The molecule has 0 radical (unpaired) electrons. The first kappa shape index (κ1) is 19.9. The molecule has 1 amide bonds. The molecule has 28 heavy (non-hydrogen) atoms. The number of aliphatic hydroxyl groups excluding tert-OH is 1. The van der Waals surface area contributed by atoms with E-state index in [4.69, 9.17) is 9.47 Å². The number of nitrogens with one attached hydrogen (secondary N) is 1. The first-order valence-electron chi connectivity index (χ1n) is 8.76. The molecule has 146 valence electrons. The summed E-state index contributed by atoms with van der Waals surface area (Å²) < 4.78 is 10.6. The zero-order chi connectivity index (χ0) is 19.9. The number of carbonyl (C=O) groups is 1. The van der Waals surface area contributed by atoms with E-state index in [-0.39, 0.29) is 18.9 Å². The minimum atomic E-state index is -0.433. The van der Waals surface area contributed by atoms with E-state index >= 15 is 0 Å². The van der Waals surface area contributed by atoms with Gasteiger partial charge in [0.2, 0.25) is 5.91 Å². The summed E-state index contributed by atoms with van der Waals surface area (Å²) >= 11 is 1.46. The molecule has 0 aliphatic carbocycles. The molecule has 0 fully saturated rings. The highest BCUT2D eigenvalue weighted by molar-refractivity contribution is 7.13. The van der Waals surface area contributed by atoms with Crippen LogP contribution in [0.15, 0.2) is 53.9 Å². The van der Waals surface area contributed by atoms with Crippen LogP contribution in [0.25, 0.3) is 10.6 Å². The van der Waals surface area contributed by atoms with Crippen LogP contribution >= 0.6 is 11.3 Å². The molecule has 6 nitrogen and oxygen atoms in total. The van der Waals surface area contributed by atoms with Gasteiger partial charge in [0.05, 0.1) is 39.0 Å². The largest absolute Gasteiger partial charge is 0.493 e. The maximum absolute atomic E-state index is 12.4. The highest BCUT2D eigenvalue weighted by Gasteiger charge is 2.16. The zero-order valence-electron chi connectivity index (χ0n) is 15.7. The normalized spacial score (nSPS) is 11.7. The number of rotatable bonds is 8. The van der Waals surface area contributed by atoms with Crippen LogP contribution in [0, 0.1) is 0 Å². The number of thiazole rings is 1. The van der Waals surface area contributed by atoms with Gasteiger partial charge in [-0.1, -0.05) is 30.3 Å². The number of ether oxygens (including phenoxy) is 2. The molecule has 0 saturated carbocycles. The second kappa shape index (κ2) is 9.34. The Kier molecular flexibility index (Phi) is 6.62. The van der Waals surface area contributed by atoms with Gasteiger partial charge in [-0.15, -0.1) is 11.3 Å². The molecule has 1 heterocycles. The average molecular weight is 398 g/mol. The van der Waals surface area contributed by atoms with E-state index in [0.717, 1.165) is 16.1 Å². The summed E-state index contributed by atoms with van der Waals surface area (Å²) in [7, 11) is 3.18. The number of benzene rings is 2. The van der Waals surface area contributed by atoms with Crippen LogP contribution < -0.4 is 14.8 Å². The van der Waals surface area contributed by atoms with Crippen molar-refractivity contribution in [3.05, 3.63) is 65.2 Å². The van der Waals surface area contributed by atoms with Crippen molar-refractivity contribution in [2.75, 3.05) is 20.8 Å². The van der Waals surface area contributed by atoms with Gasteiger partial charge in [-0.25, -0.2) is 4.98 Å². The quantitative estimate of drug-likeness (QED) is 0.609. The summed E-state index contributed by atoms with van der Waals surface area (Å²) in [6.07, 6.45) is 0.146. The molecular formula is C21H22N2O4S. The van der Waals surface area contributed by atoms with Gasteiger partial charge in [-0.05, 0) is 23.8 Å². The molecule has 7 heteroatoms. The molecule has 3 rings (SSSR count). The van der Waals surface area contributed by atoms with Crippen LogP contribution in [0.1, 0.15) is 17.3 Å². The Morgan fingerprint density at radius 1 is 1.14 bits per heavy atom. The predicted molar refractivity (Wildman–Crippen MR) is 109 cm³/mol. The topological polar surface area (TPSA) is 80.7 Å². The summed E-state index contributed by atoms with van der Waals surface area (Å²) in [4.78, 5) is 16.9. The number of hydrogen-bond donors (Lipinski definition) is 2. The highest BCUT2D eigenvalue weighted by atomic mass is 32.1. The van der Waals surface area contributed by atoms with Crippen LogP contribution in [-0.2, 0) is 11.2 Å². The summed E-state index contributed by atoms with van der Waals surface area (Å²) in [6.45, 7) is -0.163. The summed E-state index contributed by atoms with van der Waals surface area (Å²) in [5.74, 6) is 1.09. The molecule has 2 N–H and O–H groups in total. The van der Waals surface area contributed by atoms with Gasteiger partial charge in [0.25, 0.3) is 0 Å². The lowest BCUT2D eigenvalue weighted by Gasteiger charge is -2.16. The molecule has 1 aromatic heterocycles.